The van der Waals surface area contributed by atoms with Gasteiger partial charge in [-0.15, -0.1) is 0 Å². The molecule has 0 aromatic rings. The molecule has 0 aliphatic rings. The van der Waals surface area contributed by atoms with Crippen molar-refractivity contribution in [3.8, 4) is 0 Å². The first-order valence-corrected chi connectivity index (χ1v) is 5.71. The molecule has 1 atom stereocenters. The van der Waals surface area contributed by atoms with Crippen LogP contribution in [0.4, 0.5) is 0 Å². The number of hydrogen-bond acceptors (Lipinski definition) is 3. The zero-order valence-corrected chi connectivity index (χ0v) is 10.3. The lowest BCUT2D eigenvalue weighted by molar-refractivity contribution is 0.0763. The molecule has 14 heavy (non-hydrogen) atoms. The lowest BCUT2D eigenvalue weighted by atomic mass is 10.3. The summed E-state index contributed by atoms with van der Waals surface area (Å²) in [6.07, 6.45) is 9.40. The number of unbranched alkanes of at least 4 members (excludes halogenated alkanes) is 1. The van der Waals surface area contributed by atoms with Crippen LogP contribution in [-0.4, -0.2) is 11.6 Å². The van der Waals surface area contributed by atoms with Crippen LogP contribution >= 0.6 is 15.9 Å². The Morgan fingerprint density at radius 3 is 2.86 bits per heavy atom. The third-order valence-electron chi connectivity index (χ3n) is 1.32. The van der Waals surface area contributed by atoms with E-state index in [0.29, 0.717) is 6.61 Å². The van der Waals surface area contributed by atoms with Crippen molar-refractivity contribution in [2.45, 2.75) is 31.7 Å². The Hall–Kier alpha value is -0.480. The molecule has 0 saturated carbocycles. The van der Waals surface area contributed by atoms with Crippen LogP contribution in [0.25, 0.3) is 0 Å². The number of halogens is 1. The van der Waals surface area contributed by atoms with Crippen LogP contribution in [0.1, 0.15) is 26.7 Å². The Morgan fingerprint density at radius 1 is 1.43 bits per heavy atom. The van der Waals surface area contributed by atoms with Gasteiger partial charge < -0.3 is 4.74 Å². The second-order valence-corrected chi connectivity index (χ2v) is 3.46. The second kappa shape index (κ2) is 10.6. The Balaban J connectivity index is 3.38. The van der Waals surface area contributed by atoms with E-state index in [9.17, 15) is 0 Å². The largest absolute Gasteiger partial charge is 0.500 e. The maximum Gasteiger partial charge on any atom is 0.158 e. The standard InChI is InChI=1S/C10H18BrNO2/c1-3-5-6-7-10(11)14-12-8-9-13-4-2/h6-10,12H,3-5H2,1-2H3. The fraction of sp³-hybridized carbons (Fsp3) is 0.600. The fourth-order valence-corrected chi connectivity index (χ4v) is 1.01. The molecule has 3 nitrogen and oxygen atoms in total. The molecule has 0 aliphatic heterocycles. The Labute approximate surface area is 94.2 Å². The average Bonchev–Trinajstić information content (AvgIpc) is 2.18. The monoisotopic (exact) mass is 263 g/mol. The first-order chi connectivity index (χ1) is 6.81. The van der Waals surface area contributed by atoms with Crippen molar-refractivity contribution < 1.29 is 9.57 Å². The number of hydrogen-bond donors (Lipinski definition) is 1. The molecule has 1 unspecified atom stereocenters. The van der Waals surface area contributed by atoms with E-state index in [-0.39, 0.29) is 5.01 Å². The quantitative estimate of drug-likeness (QED) is 0.316. The number of nitrogens with one attached hydrogen (secondary N) is 1. The summed E-state index contributed by atoms with van der Waals surface area (Å²) in [4.78, 5) is 5.15. The van der Waals surface area contributed by atoms with Gasteiger partial charge in [-0.3, -0.25) is 10.3 Å². The zero-order valence-electron chi connectivity index (χ0n) is 8.70. The molecule has 0 aromatic carbocycles. The van der Waals surface area contributed by atoms with Crippen LogP contribution in [0, 0.1) is 0 Å². The van der Waals surface area contributed by atoms with Crippen LogP contribution in [-0.2, 0) is 9.57 Å². The normalized spacial score (nSPS) is 13.6. The van der Waals surface area contributed by atoms with E-state index in [1.54, 1.807) is 12.5 Å². The van der Waals surface area contributed by atoms with Crippen molar-refractivity contribution in [2.75, 3.05) is 6.61 Å². The molecule has 0 aliphatic carbocycles. The summed E-state index contributed by atoms with van der Waals surface area (Å²) in [5.41, 5.74) is 2.64. The Morgan fingerprint density at radius 2 is 2.21 bits per heavy atom. The number of allylic oxidation sites excluding steroid dienone is 1. The molecule has 0 fully saturated rings. The highest BCUT2D eigenvalue weighted by molar-refractivity contribution is 9.09. The van der Waals surface area contributed by atoms with Crippen LogP contribution in [0.5, 0.6) is 0 Å². The lowest BCUT2D eigenvalue weighted by Crippen LogP contribution is -2.12. The summed E-state index contributed by atoms with van der Waals surface area (Å²) >= 11 is 3.33. The SMILES string of the molecule is CCCC=CC(Br)ONC=COCC. The van der Waals surface area contributed by atoms with E-state index in [1.165, 1.54) is 0 Å². The van der Waals surface area contributed by atoms with Crippen LogP contribution in [0.15, 0.2) is 24.6 Å². The Bertz CT molecular complexity index is 172. The number of alkyl halides is 1. The summed E-state index contributed by atoms with van der Waals surface area (Å²) in [5.74, 6) is 0. The zero-order chi connectivity index (χ0) is 10.6. The lowest BCUT2D eigenvalue weighted by Gasteiger charge is -2.05. The van der Waals surface area contributed by atoms with Crippen LogP contribution in [0.2, 0.25) is 0 Å². The minimum absolute atomic E-state index is 0.111. The van der Waals surface area contributed by atoms with E-state index in [1.807, 2.05) is 13.0 Å². The molecule has 0 bridgehead atoms. The highest BCUT2D eigenvalue weighted by Gasteiger charge is 1.94. The third-order valence-corrected chi connectivity index (χ3v) is 1.81. The summed E-state index contributed by atoms with van der Waals surface area (Å²) in [6.45, 7) is 4.72. The van der Waals surface area contributed by atoms with Crippen molar-refractivity contribution in [3.05, 3.63) is 24.6 Å². The van der Waals surface area contributed by atoms with Gasteiger partial charge in [0.25, 0.3) is 0 Å². The minimum Gasteiger partial charge on any atom is -0.500 e. The van der Waals surface area contributed by atoms with Gasteiger partial charge in [-0.2, -0.15) is 0 Å². The van der Waals surface area contributed by atoms with Crippen molar-refractivity contribution >= 4 is 15.9 Å². The topological polar surface area (TPSA) is 30.5 Å². The highest BCUT2D eigenvalue weighted by Crippen LogP contribution is 2.02. The first-order valence-electron chi connectivity index (χ1n) is 4.79. The number of ether oxygens (including phenoxy) is 1. The van der Waals surface area contributed by atoms with Gasteiger partial charge in [-0.25, -0.2) is 0 Å². The van der Waals surface area contributed by atoms with Gasteiger partial charge in [0.2, 0.25) is 0 Å². The maximum atomic E-state index is 5.15. The molecular weight excluding hydrogens is 246 g/mol. The first kappa shape index (κ1) is 13.5. The molecule has 1 N–H and O–H groups in total. The van der Waals surface area contributed by atoms with Gasteiger partial charge in [-0.05, 0) is 19.4 Å². The number of rotatable bonds is 8. The molecule has 4 heteroatoms. The van der Waals surface area contributed by atoms with E-state index in [4.69, 9.17) is 9.57 Å². The molecule has 0 rings (SSSR count). The number of hydroxylamine groups is 1. The fourth-order valence-electron chi connectivity index (χ4n) is 0.686. The molecule has 82 valence electrons. The van der Waals surface area contributed by atoms with Crippen molar-refractivity contribution in [3.63, 3.8) is 0 Å². The Kier molecular flexibility index (Phi) is 10.2. The molecule has 0 aromatic heterocycles. The van der Waals surface area contributed by atoms with Crippen molar-refractivity contribution in [1.29, 1.82) is 0 Å². The average molecular weight is 264 g/mol. The predicted octanol–water partition coefficient (Wildman–Crippen LogP) is 3.09. The van der Waals surface area contributed by atoms with E-state index in [2.05, 4.69) is 34.4 Å². The van der Waals surface area contributed by atoms with Gasteiger partial charge in [0.15, 0.2) is 5.01 Å². The molecule has 0 amide bonds. The predicted molar refractivity (Wildman–Crippen MR) is 61.7 cm³/mol. The van der Waals surface area contributed by atoms with Crippen LogP contribution in [0.3, 0.4) is 0 Å². The smallest absolute Gasteiger partial charge is 0.158 e. The summed E-state index contributed by atoms with van der Waals surface area (Å²) in [7, 11) is 0. The molecular formula is C10H18BrNO2. The van der Waals surface area contributed by atoms with Gasteiger partial charge >= 0.3 is 0 Å². The van der Waals surface area contributed by atoms with Gasteiger partial charge in [-0.1, -0.05) is 35.4 Å². The van der Waals surface area contributed by atoms with E-state index in [0.717, 1.165) is 12.8 Å². The molecule has 0 spiro atoms. The minimum atomic E-state index is -0.111. The van der Waals surface area contributed by atoms with Crippen LogP contribution < -0.4 is 5.48 Å². The van der Waals surface area contributed by atoms with Gasteiger partial charge in [0, 0.05) is 0 Å². The summed E-state index contributed by atoms with van der Waals surface area (Å²) < 4.78 is 4.96. The second-order valence-electron chi connectivity index (χ2n) is 2.56. The van der Waals surface area contributed by atoms with Crippen molar-refractivity contribution in [1.82, 2.24) is 5.48 Å². The van der Waals surface area contributed by atoms with Gasteiger partial charge in [0.05, 0.1) is 12.8 Å². The van der Waals surface area contributed by atoms with Gasteiger partial charge in [0.1, 0.15) is 6.26 Å². The van der Waals surface area contributed by atoms with E-state index < -0.39 is 0 Å². The summed E-state index contributed by atoms with van der Waals surface area (Å²) in [5, 5.41) is -0.111. The summed E-state index contributed by atoms with van der Waals surface area (Å²) in [6, 6.07) is 0. The molecule has 0 radical (unpaired) electrons. The highest BCUT2D eigenvalue weighted by atomic mass is 79.9. The molecule has 0 saturated heterocycles. The van der Waals surface area contributed by atoms with Crippen molar-refractivity contribution in [2.24, 2.45) is 0 Å². The maximum absolute atomic E-state index is 5.15. The third kappa shape index (κ3) is 9.61. The molecule has 0 heterocycles. The van der Waals surface area contributed by atoms with E-state index >= 15 is 0 Å².